The van der Waals surface area contributed by atoms with Crippen molar-refractivity contribution in [2.24, 2.45) is 0 Å². The minimum atomic E-state index is 0.749. The van der Waals surface area contributed by atoms with E-state index in [1.807, 2.05) is 0 Å². The summed E-state index contributed by atoms with van der Waals surface area (Å²) in [6.07, 6.45) is 4.12. The maximum Gasteiger partial charge on any atom is 0.157 e. The Bertz CT molecular complexity index is 449. The zero-order valence-electron chi connectivity index (χ0n) is 12.3. The van der Waals surface area contributed by atoms with Crippen LogP contribution in [-0.2, 0) is 0 Å². The molecule has 6 nitrogen and oxygen atoms in total. The third-order valence-electron chi connectivity index (χ3n) is 4.37. The van der Waals surface area contributed by atoms with Gasteiger partial charge in [0.1, 0.15) is 12.0 Å². The Morgan fingerprint density at radius 1 is 0.950 bits per heavy atom. The smallest absolute Gasteiger partial charge is 0.157 e. The summed E-state index contributed by atoms with van der Waals surface area (Å²) in [6, 6.07) is 0. The molecular formula is C14H24N6. The van der Waals surface area contributed by atoms with Crippen LogP contribution in [0.15, 0.2) is 6.33 Å². The predicted molar refractivity (Wildman–Crippen MR) is 82.2 cm³/mol. The average molecular weight is 276 g/mol. The normalized spacial score (nSPS) is 20.6. The topological polar surface area (TPSA) is 61.5 Å². The number of anilines is 3. The van der Waals surface area contributed by atoms with E-state index < -0.39 is 0 Å². The molecule has 3 heterocycles. The molecule has 0 atom stereocenters. The lowest BCUT2D eigenvalue weighted by Gasteiger charge is -2.35. The van der Waals surface area contributed by atoms with E-state index in [1.165, 1.54) is 12.8 Å². The van der Waals surface area contributed by atoms with Gasteiger partial charge in [0.15, 0.2) is 11.6 Å². The minimum Gasteiger partial charge on any atom is -0.393 e. The number of piperazine rings is 1. The van der Waals surface area contributed by atoms with E-state index in [4.69, 9.17) is 5.73 Å². The number of likely N-dealkylation sites (N-methyl/N-ethyl adjacent to an activating group) is 1. The molecule has 2 saturated heterocycles. The van der Waals surface area contributed by atoms with Crippen molar-refractivity contribution >= 4 is 17.3 Å². The van der Waals surface area contributed by atoms with E-state index in [9.17, 15) is 0 Å². The highest BCUT2D eigenvalue weighted by molar-refractivity contribution is 5.76. The van der Waals surface area contributed by atoms with Gasteiger partial charge in [-0.05, 0) is 19.4 Å². The number of nitrogens with two attached hydrogens (primary N) is 1. The van der Waals surface area contributed by atoms with Gasteiger partial charge in [-0.25, -0.2) is 9.97 Å². The van der Waals surface area contributed by atoms with Gasteiger partial charge in [0, 0.05) is 39.3 Å². The molecule has 1 aromatic rings. The summed E-state index contributed by atoms with van der Waals surface area (Å²) in [6.45, 7) is 9.60. The van der Waals surface area contributed by atoms with Crippen molar-refractivity contribution in [1.82, 2.24) is 14.9 Å². The molecule has 0 aliphatic carbocycles. The molecular weight excluding hydrogens is 252 g/mol. The number of nitrogen functional groups attached to an aromatic ring is 1. The second kappa shape index (κ2) is 5.83. The summed E-state index contributed by atoms with van der Waals surface area (Å²) < 4.78 is 0. The van der Waals surface area contributed by atoms with E-state index >= 15 is 0 Å². The standard InChI is InChI=1S/C14H24N6/c1-2-18-7-9-20(10-8-18)14-12(15)13(16-11-17-14)19-5-3-4-6-19/h11H,2-10,15H2,1H3. The highest BCUT2D eigenvalue weighted by Crippen LogP contribution is 2.31. The van der Waals surface area contributed by atoms with Crippen molar-refractivity contribution < 1.29 is 0 Å². The first-order valence-electron chi connectivity index (χ1n) is 7.62. The fraction of sp³-hybridized carbons (Fsp3) is 0.714. The third-order valence-corrected chi connectivity index (χ3v) is 4.37. The van der Waals surface area contributed by atoms with Crippen molar-refractivity contribution in [2.45, 2.75) is 19.8 Å². The van der Waals surface area contributed by atoms with E-state index in [0.717, 1.165) is 63.1 Å². The van der Waals surface area contributed by atoms with Crippen LogP contribution in [0.2, 0.25) is 0 Å². The van der Waals surface area contributed by atoms with Gasteiger partial charge in [0.25, 0.3) is 0 Å². The van der Waals surface area contributed by atoms with Crippen LogP contribution in [0.25, 0.3) is 0 Å². The average Bonchev–Trinajstić information content (AvgIpc) is 3.02. The van der Waals surface area contributed by atoms with Crippen LogP contribution in [0.1, 0.15) is 19.8 Å². The Hall–Kier alpha value is -1.56. The molecule has 6 heteroatoms. The first-order valence-corrected chi connectivity index (χ1v) is 7.62. The van der Waals surface area contributed by atoms with E-state index in [1.54, 1.807) is 6.33 Å². The highest BCUT2D eigenvalue weighted by Gasteiger charge is 2.23. The molecule has 2 fully saturated rings. The van der Waals surface area contributed by atoms with Crippen LogP contribution < -0.4 is 15.5 Å². The summed E-state index contributed by atoms with van der Waals surface area (Å²) in [7, 11) is 0. The second-order valence-electron chi connectivity index (χ2n) is 5.55. The quantitative estimate of drug-likeness (QED) is 0.881. The molecule has 0 unspecified atom stereocenters. The maximum atomic E-state index is 6.34. The van der Waals surface area contributed by atoms with Crippen LogP contribution in [0.3, 0.4) is 0 Å². The Morgan fingerprint density at radius 3 is 2.05 bits per heavy atom. The van der Waals surface area contributed by atoms with Crippen LogP contribution in [0, 0.1) is 0 Å². The lowest BCUT2D eigenvalue weighted by molar-refractivity contribution is 0.270. The minimum absolute atomic E-state index is 0.749. The Morgan fingerprint density at radius 2 is 1.50 bits per heavy atom. The molecule has 20 heavy (non-hydrogen) atoms. The number of nitrogens with zero attached hydrogens (tertiary/aromatic N) is 5. The van der Waals surface area contributed by atoms with Gasteiger partial charge in [-0.3, -0.25) is 0 Å². The summed E-state index contributed by atoms with van der Waals surface area (Å²) in [5.74, 6) is 1.84. The molecule has 0 bridgehead atoms. The van der Waals surface area contributed by atoms with Crippen molar-refractivity contribution in [3.05, 3.63) is 6.33 Å². The summed E-state index contributed by atoms with van der Waals surface area (Å²) >= 11 is 0. The van der Waals surface area contributed by atoms with Gasteiger partial charge in [0.05, 0.1) is 0 Å². The SMILES string of the molecule is CCN1CCN(c2ncnc(N3CCCC3)c2N)CC1. The Kier molecular flexibility index (Phi) is 3.91. The van der Waals surface area contributed by atoms with Crippen molar-refractivity contribution in [2.75, 3.05) is 61.3 Å². The highest BCUT2D eigenvalue weighted by atomic mass is 15.3. The molecule has 0 spiro atoms. The number of aromatic nitrogens is 2. The monoisotopic (exact) mass is 276 g/mol. The number of rotatable bonds is 3. The van der Waals surface area contributed by atoms with Gasteiger partial charge >= 0.3 is 0 Å². The molecule has 0 aromatic carbocycles. The summed E-state index contributed by atoms with van der Waals surface area (Å²) in [5.41, 5.74) is 7.09. The number of hydrogen-bond acceptors (Lipinski definition) is 6. The molecule has 1 aromatic heterocycles. The van der Waals surface area contributed by atoms with E-state index in [0.29, 0.717) is 0 Å². The molecule has 0 amide bonds. The van der Waals surface area contributed by atoms with Crippen molar-refractivity contribution in [3.63, 3.8) is 0 Å². The van der Waals surface area contributed by atoms with Crippen molar-refractivity contribution in [1.29, 1.82) is 0 Å². The van der Waals surface area contributed by atoms with Crippen LogP contribution in [0.4, 0.5) is 17.3 Å². The first-order chi connectivity index (χ1) is 9.79. The van der Waals surface area contributed by atoms with Crippen molar-refractivity contribution in [3.8, 4) is 0 Å². The van der Waals surface area contributed by atoms with Gasteiger partial charge in [-0.2, -0.15) is 0 Å². The zero-order chi connectivity index (χ0) is 13.9. The predicted octanol–water partition coefficient (Wildman–Crippen LogP) is 0.801. The fourth-order valence-corrected chi connectivity index (χ4v) is 3.09. The lowest BCUT2D eigenvalue weighted by Crippen LogP contribution is -2.46. The van der Waals surface area contributed by atoms with E-state index in [-0.39, 0.29) is 0 Å². The molecule has 2 aliphatic rings. The maximum absolute atomic E-state index is 6.34. The summed E-state index contributed by atoms with van der Waals surface area (Å²) in [5, 5.41) is 0. The third kappa shape index (κ3) is 2.52. The van der Waals surface area contributed by atoms with Gasteiger partial charge < -0.3 is 20.4 Å². The molecule has 3 rings (SSSR count). The molecule has 0 radical (unpaired) electrons. The van der Waals surface area contributed by atoms with Gasteiger partial charge in [-0.1, -0.05) is 6.92 Å². The molecule has 2 aliphatic heterocycles. The van der Waals surface area contributed by atoms with Gasteiger partial charge in [-0.15, -0.1) is 0 Å². The molecule has 110 valence electrons. The number of hydrogen-bond donors (Lipinski definition) is 1. The summed E-state index contributed by atoms with van der Waals surface area (Å²) in [4.78, 5) is 15.9. The fourth-order valence-electron chi connectivity index (χ4n) is 3.09. The van der Waals surface area contributed by atoms with Crippen LogP contribution in [0.5, 0.6) is 0 Å². The largest absolute Gasteiger partial charge is 0.393 e. The van der Waals surface area contributed by atoms with E-state index in [2.05, 4.69) is 31.6 Å². The first kappa shape index (κ1) is 13.4. The molecule has 0 saturated carbocycles. The zero-order valence-corrected chi connectivity index (χ0v) is 12.3. The molecule has 2 N–H and O–H groups in total. The second-order valence-corrected chi connectivity index (χ2v) is 5.55. The van der Waals surface area contributed by atoms with Crippen LogP contribution >= 0.6 is 0 Å². The Labute approximate surface area is 120 Å². The van der Waals surface area contributed by atoms with Crippen LogP contribution in [-0.4, -0.2) is 60.7 Å². The lowest BCUT2D eigenvalue weighted by atomic mass is 10.3. The van der Waals surface area contributed by atoms with Gasteiger partial charge in [0.2, 0.25) is 0 Å². The Balaban J connectivity index is 1.78.